The van der Waals surface area contributed by atoms with Crippen molar-refractivity contribution in [3.63, 3.8) is 0 Å². The molecule has 0 spiro atoms. The van der Waals surface area contributed by atoms with Gasteiger partial charge in [0.05, 0.1) is 6.42 Å². The molecule has 2 aromatic rings. The maximum Gasteiger partial charge on any atom is 0.389 e. The summed E-state index contributed by atoms with van der Waals surface area (Å²) in [6.45, 7) is 1.92. The highest BCUT2D eigenvalue weighted by Gasteiger charge is 2.36. The Labute approximate surface area is 143 Å². The van der Waals surface area contributed by atoms with Crippen LogP contribution in [-0.4, -0.2) is 11.2 Å². The molecule has 1 aromatic carbocycles. The topological polar surface area (TPSA) is 56.6 Å². The summed E-state index contributed by atoms with van der Waals surface area (Å²) in [6.07, 6.45) is -3.73. The van der Waals surface area contributed by atoms with Gasteiger partial charge in [-0.3, -0.25) is 4.79 Å². The molecular formula is C19H17F3N2O. The first-order valence-corrected chi connectivity index (χ1v) is 8.13. The van der Waals surface area contributed by atoms with E-state index >= 15 is 0 Å². The first kappa shape index (κ1) is 17.3. The monoisotopic (exact) mass is 346 g/mol. The van der Waals surface area contributed by atoms with Crippen LogP contribution in [0.2, 0.25) is 0 Å². The largest absolute Gasteiger partial charge is 0.389 e. The van der Waals surface area contributed by atoms with Gasteiger partial charge in [0.15, 0.2) is 0 Å². The summed E-state index contributed by atoms with van der Waals surface area (Å²) in [5.74, 6) is -0.770. The highest BCUT2D eigenvalue weighted by Crippen LogP contribution is 2.41. The Morgan fingerprint density at radius 3 is 2.56 bits per heavy atom. The molecule has 25 heavy (non-hydrogen) atoms. The molecule has 0 amide bonds. The molecule has 3 rings (SSSR count). The van der Waals surface area contributed by atoms with Gasteiger partial charge >= 0.3 is 6.18 Å². The molecule has 6 heteroatoms. The molecular weight excluding hydrogens is 329 g/mol. The molecule has 1 aromatic heterocycles. The number of aromatic amines is 1. The second-order valence-corrected chi connectivity index (χ2v) is 6.48. The Bertz CT molecular complexity index is 889. The standard InChI is InChI=1S/C19H17F3N2O/c1-11-5-7-12(8-6-11)16-14-4-2-3-13(9-19(20,21)22)17(14)24-18(25)15(16)10-23/h5-8,13H,2-4,9H2,1H3,(H,24,25). The van der Waals surface area contributed by atoms with Crippen LogP contribution in [0.4, 0.5) is 13.2 Å². The molecule has 0 radical (unpaired) electrons. The van der Waals surface area contributed by atoms with Crippen LogP contribution in [-0.2, 0) is 6.42 Å². The van der Waals surface area contributed by atoms with Gasteiger partial charge in [-0.1, -0.05) is 29.8 Å². The van der Waals surface area contributed by atoms with Crippen LogP contribution in [0.15, 0.2) is 29.1 Å². The first-order valence-electron chi connectivity index (χ1n) is 8.13. The number of aryl methyl sites for hydroxylation is 1. The summed E-state index contributed by atoms with van der Waals surface area (Å²) in [5, 5.41) is 9.42. The first-order chi connectivity index (χ1) is 11.8. The molecule has 1 aliphatic rings. The third-order valence-corrected chi connectivity index (χ3v) is 4.67. The number of aromatic nitrogens is 1. The number of nitrogens with one attached hydrogen (secondary N) is 1. The summed E-state index contributed by atoms with van der Waals surface area (Å²) in [4.78, 5) is 14.9. The molecule has 1 atom stereocenters. The lowest BCUT2D eigenvalue weighted by atomic mass is 9.80. The van der Waals surface area contributed by atoms with E-state index in [4.69, 9.17) is 0 Å². The van der Waals surface area contributed by atoms with E-state index in [-0.39, 0.29) is 5.56 Å². The van der Waals surface area contributed by atoms with Gasteiger partial charge in [-0.15, -0.1) is 0 Å². The zero-order valence-electron chi connectivity index (χ0n) is 13.7. The van der Waals surface area contributed by atoms with Crippen molar-refractivity contribution in [3.8, 4) is 17.2 Å². The van der Waals surface area contributed by atoms with Crippen molar-refractivity contribution in [1.29, 1.82) is 5.26 Å². The number of nitrogens with zero attached hydrogens (tertiary/aromatic N) is 1. The average Bonchev–Trinajstić information content (AvgIpc) is 2.54. The third-order valence-electron chi connectivity index (χ3n) is 4.67. The van der Waals surface area contributed by atoms with E-state index in [0.29, 0.717) is 41.6 Å². The van der Waals surface area contributed by atoms with Crippen molar-refractivity contribution in [2.75, 3.05) is 0 Å². The zero-order chi connectivity index (χ0) is 18.2. The predicted octanol–water partition coefficient (Wildman–Crippen LogP) is 4.59. The number of hydrogen-bond acceptors (Lipinski definition) is 2. The van der Waals surface area contributed by atoms with E-state index in [0.717, 1.165) is 5.56 Å². The average molecular weight is 346 g/mol. The normalized spacial score (nSPS) is 17.0. The Morgan fingerprint density at radius 1 is 1.28 bits per heavy atom. The second kappa shape index (κ2) is 6.40. The molecule has 1 aliphatic carbocycles. The van der Waals surface area contributed by atoms with Crippen molar-refractivity contribution in [2.24, 2.45) is 0 Å². The summed E-state index contributed by atoms with van der Waals surface area (Å²) in [5.41, 5.74) is 2.55. The second-order valence-electron chi connectivity index (χ2n) is 6.48. The summed E-state index contributed by atoms with van der Waals surface area (Å²) >= 11 is 0. The Hall–Kier alpha value is -2.55. The predicted molar refractivity (Wildman–Crippen MR) is 88.3 cm³/mol. The number of alkyl halides is 3. The van der Waals surface area contributed by atoms with Gasteiger partial charge in [0.25, 0.3) is 5.56 Å². The minimum atomic E-state index is -4.30. The fourth-order valence-electron chi connectivity index (χ4n) is 3.57. The summed E-state index contributed by atoms with van der Waals surface area (Å²) in [6, 6.07) is 9.25. The van der Waals surface area contributed by atoms with Crippen molar-refractivity contribution >= 4 is 0 Å². The molecule has 0 saturated carbocycles. The highest BCUT2D eigenvalue weighted by molar-refractivity contribution is 5.75. The van der Waals surface area contributed by atoms with Crippen LogP contribution in [0.1, 0.15) is 47.6 Å². The number of pyridine rings is 1. The fourth-order valence-corrected chi connectivity index (χ4v) is 3.57. The minimum Gasteiger partial charge on any atom is -0.324 e. The maximum absolute atomic E-state index is 12.9. The van der Waals surface area contributed by atoms with Gasteiger partial charge in [-0.2, -0.15) is 18.4 Å². The lowest BCUT2D eigenvalue weighted by Crippen LogP contribution is -2.25. The van der Waals surface area contributed by atoms with E-state index in [1.54, 1.807) is 12.1 Å². The number of rotatable bonds is 2. The van der Waals surface area contributed by atoms with Crippen LogP contribution in [0.25, 0.3) is 11.1 Å². The highest BCUT2D eigenvalue weighted by atomic mass is 19.4. The maximum atomic E-state index is 12.9. The van der Waals surface area contributed by atoms with Crippen molar-refractivity contribution in [3.05, 3.63) is 57.0 Å². The molecule has 0 saturated heterocycles. The van der Waals surface area contributed by atoms with Gasteiger partial charge < -0.3 is 4.98 Å². The van der Waals surface area contributed by atoms with Crippen molar-refractivity contribution in [1.82, 2.24) is 4.98 Å². The number of fused-ring (bicyclic) bond motifs is 1. The number of H-pyrrole nitrogens is 1. The van der Waals surface area contributed by atoms with Crippen LogP contribution in [0, 0.1) is 18.3 Å². The molecule has 0 fully saturated rings. The van der Waals surface area contributed by atoms with Gasteiger partial charge in [0, 0.05) is 17.2 Å². The number of halogens is 3. The van der Waals surface area contributed by atoms with Crippen LogP contribution in [0.5, 0.6) is 0 Å². The Morgan fingerprint density at radius 2 is 1.96 bits per heavy atom. The zero-order valence-corrected chi connectivity index (χ0v) is 13.7. The molecule has 1 N–H and O–H groups in total. The summed E-state index contributed by atoms with van der Waals surface area (Å²) < 4.78 is 38.7. The smallest absolute Gasteiger partial charge is 0.324 e. The number of hydrogen-bond donors (Lipinski definition) is 1. The fraction of sp³-hybridized carbons (Fsp3) is 0.368. The van der Waals surface area contributed by atoms with Crippen molar-refractivity contribution < 1.29 is 13.2 Å². The lowest BCUT2D eigenvalue weighted by molar-refractivity contribution is -0.139. The number of nitriles is 1. The Kier molecular flexibility index (Phi) is 4.42. The van der Waals surface area contributed by atoms with E-state index in [1.807, 2.05) is 25.1 Å². The quantitative estimate of drug-likeness (QED) is 0.864. The molecule has 0 bridgehead atoms. The van der Waals surface area contributed by atoms with E-state index in [9.17, 15) is 23.2 Å². The van der Waals surface area contributed by atoms with Gasteiger partial charge in [0.1, 0.15) is 11.6 Å². The molecule has 0 aliphatic heterocycles. The van der Waals surface area contributed by atoms with E-state index < -0.39 is 24.1 Å². The lowest BCUT2D eigenvalue weighted by Gasteiger charge is -2.28. The van der Waals surface area contributed by atoms with Crippen LogP contribution >= 0.6 is 0 Å². The molecule has 1 unspecified atom stereocenters. The molecule has 1 heterocycles. The Balaban J connectivity index is 2.23. The molecule has 130 valence electrons. The number of benzene rings is 1. The van der Waals surface area contributed by atoms with Gasteiger partial charge in [-0.25, -0.2) is 0 Å². The minimum absolute atomic E-state index is 0.0322. The third kappa shape index (κ3) is 3.46. The van der Waals surface area contributed by atoms with Crippen molar-refractivity contribution in [2.45, 2.75) is 44.7 Å². The van der Waals surface area contributed by atoms with E-state index in [2.05, 4.69) is 4.98 Å². The SMILES string of the molecule is Cc1ccc(-c2c3c([nH]c(=O)c2C#N)C(CC(F)(F)F)CCC3)cc1. The van der Waals surface area contributed by atoms with Gasteiger partial charge in [0.2, 0.25) is 0 Å². The van der Waals surface area contributed by atoms with Crippen LogP contribution < -0.4 is 5.56 Å². The van der Waals surface area contributed by atoms with E-state index in [1.165, 1.54) is 0 Å². The summed E-state index contributed by atoms with van der Waals surface area (Å²) in [7, 11) is 0. The molecule has 3 nitrogen and oxygen atoms in total. The van der Waals surface area contributed by atoms with Gasteiger partial charge in [-0.05, 0) is 37.3 Å². The van der Waals surface area contributed by atoms with Crippen LogP contribution in [0.3, 0.4) is 0 Å².